The van der Waals surface area contributed by atoms with Gasteiger partial charge in [-0.05, 0) is 0 Å². The van der Waals surface area contributed by atoms with Crippen LogP contribution in [0.1, 0.15) is 86.4 Å². The second-order valence-corrected chi connectivity index (χ2v) is 20.2. The van der Waals surface area contributed by atoms with Gasteiger partial charge in [-0.25, -0.2) is 0 Å². The van der Waals surface area contributed by atoms with E-state index in [4.69, 9.17) is 0 Å². The first-order valence-electron chi connectivity index (χ1n) is 16.8. The molecule has 4 aromatic carbocycles. The Bertz CT molecular complexity index is 1740. The Labute approximate surface area is 284 Å². The van der Waals surface area contributed by atoms with E-state index in [1.54, 1.807) is 16.7 Å². The molecule has 3 heteroatoms. The number of hydrogen-bond donors (Lipinski definition) is 0. The molecule has 2 fully saturated rings. The summed E-state index contributed by atoms with van der Waals surface area (Å²) in [6.07, 6.45) is 20.2. The van der Waals surface area contributed by atoms with Gasteiger partial charge in [0.05, 0.1) is 0 Å². The van der Waals surface area contributed by atoms with Crippen LogP contribution < -0.4 is 24.8 Å². The van der Waals surface area contributed by atoms with E-state index in [1.165, 1.54) is 84.9 Å². The van der Waals surface area contributed by atoms with Crippen LogP contribution in [0.5, 0.6) is 0 Å². The SMILES string of the molecule is CC([C](C(C)C1CCCC1)=[Zr+2]([C]1=CC=CC1)[CH]1c2ccccc2-c2c1c1ccccc1c1ccccc21)C1CCCC1.[Cl-].[Cl-]. The molecule has 4 aliphatic carbocycles. The third kappa shape index (κ3) is 5.28. The Morgan fingerprint density at radius 2 is 1.18 bits per heavy atom. The fraction of sp³-hybridized carbons (Fsp3) is 0.390. The van der Waals surface area contributed by atoms with Gasteiger partial charge >= 0.3 is 262 Å². The molecule has 44 heavy (non-hydrogen) atoms. The smallest absolute Gasteiger partial charge is 1.00 e. The first kappa shape index (κ1) is 32.2. The molecule has 4 aliphatic rings. The predicted molar refractivity (Wildman–Crippen MR) is 178 cm³/mol. The standard InChI is InChI=1S/C21H13.C15H26.C5H5.2ClH.Zr/c1-2-8-15-14(7-1)13-20-18-11-4-3-9-16(18)17-10-5-6-12-19(17)21(15)20;1-12(14-7-3-4-8-14)11-13(2)15-9-5-6-10-15;1-2-4-5-3-1;;;/h1-13H;12-15H,3-10H2,1-2H3;1-3H,4H2;2*1H;/q;;;;;+2/p-2. The zero-order chi connectivity index (χ0) is 28.2. The Hall–Kier alpha value is -1.79. The Kier molecular flexibility index (Phi) is 9.88. The Morgan fingerprint density at radius 1 is 0.659 bits per heavy atom. The van der Waals surface area contributed by atoms with Crippen molar-refractivity contribution in [3.05, 3.63) is 105 Å². The summed E-state index contributed by atoms with van der Waals surface area (Å²) in [5.41, 5.74) is 6.40. The van der Waals surface area contributed by atoms with Gasteiger partial charge in [0.1, 0.15) is 0 Å². The van der Waals surface area contributed by atoms with Crippen LogP contribution in [0.15, 0.2) is 94.3 Å². The molecule has 0 amide bonds. The number of allylic oxidation sites excluding steroid dienone is 4. The van der Waals surface area contributed by atoms with Gasteiger partial charge < -0.3 is 24.8 Å². The minimum atomic E-state index is -2.49. The molecular weight excluding hydrogens is 655 g/mol. The predicted octanol–water partition coefficient (Wildman–Crippen LogP) is 5.36. The molecule has 0 N–H and O–H groups in total. The van der Waals surface area contributed by atoms with Crippen molar-refractivity contribution in [2.24, 2.45) is 23.7 Å². The molecule has 0 heterocycles. The third-order valence-corrected chi connectivity index (χ3v) is 21.0. The van der Waals surface area contributed by atoms with Crippen molar-refractivity contribution in [2.75, 3.05) is 0 Å². The van der Waals surface area contributed by atoms with Crippen molar-refractivity contribution in [2.45, 2.75) is 75.3 Å². The molecule has 0 nitrogen and oxygen atoms in total. The van der Waals surface area contributed by atoms with Crippen LogP contribution in [0.25, 0.3) is 32.7 Å². The van der Waals surface area contributed by atoms with Crippen molar-refractivity contribution < 1.29 is 46.1 Å². The van der Waals surface area contributed by atoms with Gasteiger partial charge in [-0.15, -0.1) is 0 Å². The van der Waals surface area contributed by atoms with Gasteiger partial charge in [0.15, 0.2) is 0 Å². The van der Waals surface area contributed by atoms with Crippen molar-refractivity contribution in [3.8, 4) is 11.1 Å². The number of hydrogen-bond acceptors (Lipinski definition) is 0. The zero-order valence-electron chi connectivity index (χ0n) is 26.2. The summed E-state index contributed by atoms with van der Waals surface area (Å²) in [6, 6.07) is 28.3. The molecule has 226 valence electrons. The summed E-state index contributed by atoms with van der Waals surface area (Å²) in [6.45, 7) is 5.39. The fourth-order valence-corrected chi connectivity index (χ4v) is 20.3. The van der Waals surface area contributed by atoms with E-state index >= 15 is 0 Å². The Balaban J connectivity index is 0.00000171. The van der Waals surface area contributed by atoms with Gasteiger partial charge in [0.2, 0.25) is 0 Å². The molecule has 3 atom stereocenters. The van der Waals surface area contributed by atoms with Crippen LogP contribution in [0, 0.1) is 23.7 Å². The minimum absolute atomic E-state index is 0. The van der Waals surface area contributed by atoms with Gasteiger partial charge in [0, 0.05) is 0 Å². The first-order valence-corrected chi connectivity index (χ1v) is 20.7. The average molecular weight is 699 g/mol. The largest absolute Gasteiger partial charge is 1.00 e. The third-order valence-electron chi connectivity index (χ3n) is 11.7. The molecule has 0 spiro atoms. The Morgan fingerprint density at radius 3 is 1.77 bits per heavy atom. The minimum Gasteiger partial charge on any atom is -1.00 e. The van der Waals surface area contributed by atoms with E-state index in [1.807, 2.05) is 3.28 Å². The molecule has 3 unspecified atom stereocenters. The molecule has 0 aromatic heterocycles. The van der Waals surface area contributed by atoms with Crippen molar-refractivity contribution in [1.82, 2.24) is 0 Å². The fourth-order valence-electron chi connectivity index (χ4n) is 9.70. The second kappa shape index (κ2) is 13.5. The second-order valence-electron chi connectivity index (χ2n) is 13.8. The summed E-state index contributed by atoms with van der Waals surface area (Å²) in [5.74, 6) is 3.28. The number of fused-ring (bicyclic) bond motifs is 8. The summed E-state index contributed by atoms with van der Waals surface area (Å²) in [7, 11) is 0. The summed E-state index contributed by atoms with van der Waals surface area (Å²) < 4.78 is 4.50. The molecule has 0 bridgehead atoms. The van der Waals surface area contributed by atoms with Crippen molar-refractivity contribution in [3.63, 3.8) is 0 Å². The van der Waals surface area contributed by atoms with E-state index in [-0.39, 0.29) is 24.8 Å². The first-order chi connectivity index (χ1) is 20.7. The van der Waals surface area contributed by atoms with E-state index in [9.17, 15) is 0 Å². The maximum Gasteiger partial charge on any atom is -1.00 e. The molecule has 0 saturated heterocycles. The quantitative estimate of drug-likeness (QED) is 0.238. The number of rotatable bonds is 6. The van der Waals surface area contributed by atoms with Crippen LogP contribution in [0.2, 0.25) is 0 Å². The molecule has 0 aliphatic heterocycles. The van der Waals surface area contributed by atoms with Crippen LogP contribution in [-0.2, 0) is 21.3 Å². The van der Waals surface area contributed by atoms with Crippen LogP contribution >= 0.6 is 0 Å². The molecule has 8 rings (SSSR count). The molecular formula is C41H44Cl2Zr. The summed E-state index contributed by atoms with van der Waals surface area (Å²) >= 11 is -2.49. The van der Waals surface area contributed by atoms with E-state index < -0.39 is 21.3 Å². The number of halogens is 2. The van der Waals surface area contributed by atoms with Crippen LogP contribution in [0.4, 0.5) is 0 Å². The summed E-state index contributed by atoms with van der Waals surface area (Å²) in [4.78, 5) is 0. The van der Waals surface area contributed by atoms with Gasteiger partial charge in [-0.1, -0.05) is 0 Å². The average Bonchev–Trinajstić information content (AvgIpc) is 3.87. The summed E-state index contributed by atoms with van der Waals surface area (Å²) in [5, 5.41) is 5.83. The van der Waals surface area contributed by atoms with Crippen molar-refractivity contribution >= 4 is 24.8 Å². The number of benzene rings is 4. The van der Waals surface area contributed by atoms with E-state index in [0.717, 1.165) is 23.7 Å². The topological polar surface area (TPSA) is 0 Å². The van der Waals surface area contributed by atoms with E-state index in [0.29, 0.717) is 3.63 Å². The maximum absolute atomic E-state index is 2.69. The molecule has 0 radical (unpaired) electrons. The molecule has 2 saturated carbocycles. The molecule has 4 aromatic rings. The normalized spacial score (nSPS) is 20.4. The van der Waals surface area contributed by atoms with E-state index in [2.05, 4.69) is 108 Å². The monoisotopic (exact) mass is 696 g/mol. The van der Waals surface area contributed by atoms with Gasteiger partial charge in [0.25, 0.3) is 0 Å². The zero-order valence-corrected chi connectivity index (χ0v) is 30.1. The van der Waals surface area contributed by atoms with Gasteiger partial charge in [-0.2, -0.15) is 0 Å². The van der Waals surface area contributed by atoms with Crippen LogP contribution in [-0.4, -0.2) is 3.21 Å². The van der Waals surface area contributed by atoms with Crippen LogP contribution in [0.3, 0.4) is 0 Å². The van der Waals surface area contributed by atoms with Crippen molar-refractivity contribution in [1.29, 1.82) is 0 Å². The maximum atomic E-state index is 2.69. The van der Waals surface area contributed by atoms with Gasteiger partial charge in [-0.3, -0.25) is 0 Å².